The fourth-order valence-corrected chi connectivity index (χ4v) is 2.03. The van der Waals surface area contributed by atoms with Crippen molar-refractivity contribution in [2.45, 2.75) is 30.6 Å². The molecule has 0 aliphatic carbocycles. The molecule has 0 aromatic heterocycles. The van der Waals surface area contributed by atoms with Crippen molar-refractivity contribution in [3.05, 3.63) is 0 Å². The molecule has 0 aromatic carbocycles. The molecule has 82 valence electrons. The summed E-state index contributed by atoms with van der Waals surface area (Å²) in [5.41, 5.74) is 0. The number of carbonyl (C=O) groups is 1. The maximum Gasteiger partial charge on any atom is 0.236 e. The Bertz CT molecular complexity index is 208. The van der Waals surface area contributed by atoms with Crippen molar-refractivity contribution in [2.24, 2.45) is 0 Å². The van der Waals surface area contributed by atoms with E-state index >= 15 is 0 Å². The number of likely N-dealkylation sites (N-methyl/N-ethyl adjacent to an activating group) is 1. The van der Waals surface area contributed by atoms with Gasteiger partial charge in [-0.2, -0.15) is 0 Å². The van der Waals surface area contributed by atoms with Crippen LogP contribution in [-0.4, -0.2) is 53.8 Å². The van der Waals surface area contributed by atoms with Crippen molar-refractivity contribution < 1.29 is 4.79 Å². The third-order valence-electron chi connectivity index (χ3n) is 2.83. The predicted molar refractivity (Wildman–Crippen MR) is 61.7 cm³/mol. The molecule has 1 heterocycles. The Kier molecular flexibility index (Phi) is 4.38. The molecule has 0 radical (unpaired) electrons. The van der Waals surface area contributed by atoms with E-state index in [2.05, 4.69) is 34.9 Å². The molecule has 1 aliphatic rings. The zero-order valence-corrected chi connectivity index (χ0v) is 10.7. The van der Waals surface area contributed by atoms with Gasteiger partial charge in [0.25, 0.3) is 0 Å². The second-order valence-electron chi connectivity index (χ2n) is 4.07. The van der Waals surface area contributed by atoms with E-state index in [0.29, 0.717) is 6.04 Å². The van der Waals surface area contributed by atoms with E-state index < -0.39 is 0 Å². The number of alkyl halides is 1. The van der Waals surface area contributed by atoms with Crippen LogP contribution in [0.15, 0.2) is 0 Å². The highest BCUT2D eigenvalue weighted by molar-refractivity contribution is 9.10. The molecule has 14 heavy (non-hydrogen) atoms. The van der Waals surface area contributed by atoms with Crippen LogP contribution < -0.4 is 0 Å². The van der Waals surface area contributed by atoms with Gasteiger partial charge in [0, 0.05) is 19.1 Å². The van der Waals surface area contributed by atoms with Crippen LogP contribution in [0.25, 0.3) is 0 Å². The summed E-state index contributed by atoms with van der Waals surface area (Å²) in [6.45, 7) is 3.81. The molecule has 3 nitrogen and oxygen atoms in total. The van der Waals surface area contributed by atoms with Gasteiger partial charge in [0.2, 0.25) is 5.91 Å². The van der Waals surface area contributed by atoms with Gasteiger partial charge in [0.1, 0.15) is 0 Å². The Morgan fingerprint density at radius 1 is 1.64 bits per heavy atom. The maximum atomic E-state index is 11.8. The molecule has 4 heteroatoms. The number of hydrogen-bond donors (Lipinski definition) is 0. The SMILES string of the molecule is CCC(Br)C(=O)N1CCC(N(C)C)C1. The van der Waals surface area contributed by atoms with Gasteiger partial charge < -0.3 is 9.80 Å². The quantitative estimate of drug-likeness (QED) is 0.717. The van der Waals surface area contributed by atoms with Gasteiger partial charge in [-0.1, -0.05) is 22.9 Å². The summed E-state index contributed by atoms with van der Waals surface area (Å²) >= 11 is 3.40. The van der Waals surface area contributed by atoms with Gasteiger partial charge in [-0.25, -0.2) is 0 Å². The Balaban J connectivity index is 2.45. The molecule has 1 fully saturated rings. The van der Waals surface area contributed by atoms with Crippen LogP contribution in [0, 0.1) is 0 Å². The van der Waals surface area contributed by atoms with E-state index in [9.17, 15) is 4.79 Å². The van der Waals surface area contributed by atoms with Crippen molar-refractivity contribution in [3.63, 3.8) is 0 Å². The monoisotopic (exact) mass is 262 g/mol. The number of halogens is 1. The average molecular weight is 263 g/mol. The number of hydrogen-bond acceptors (Lipinski definition) is 2. The standard InChI is InChI=1S/C10H19BrN2O/c1-4-9(11)10(14)13-6-5-8(7-13)12(2)3/h8-9H,4-7H2,1-3H3. The van der Waals surface area contributed by atoms with Crippen molar-refractivity contribution in [1.82, 2.24) is 9.80 Å². The summed E-state index contributed by atoms with van der Waals surface area (Å²) in [5.74, 6) is 0.247. The summed E-state index contributed by atoms with van der Waals surface area (Å²) in [5, 5.41) is 0. The van der Waals surface area contributed by atoms with Crippen molar-refractivity contribution in [3.8, 4) is 0 Å². The van der Waals surface area contributed by atoms with Gasteiger partial charge in [0.15, 0.2) is 0 Å². The van der Waals surface area contributed by atoms with Crippen LogP contribution in [0.5, 0.6) is 0 Å². The molecule has 0 bridgehead atoms. The van der Waals surface area contributed by atoms with Gasteiger partial charge in [0.05, 0.1) is 4.83 Å². The lowest BCUT2D eigenvalue weighted by atomic mass is 10.2. The number of likely N-dealkylation sites (tertiary alicyclic amines) is 1. The highest BCUT2D eigenvalue weighted by Crippen LogP contribution is 2.17. The minimum atomic E-state index is 0.00316. The first-order valence-corrected chi connectivity index (χ1v) is 6.07. The van der Waals surface area contributed by atoms with Crippen molar-refractivity contribution in [2.75, 3.05) is 27.2 Å². The minimum absolute atomic E-state index is 0.00316. The molecule has 0 saturated carbocycles. The molecule has 0 N–H and O–H groups in total. The van der Waals surface area contributed by atoms with E-state index in [4.69, 9.17) is 0 Å². The Labute approximate surface area is 94.6 Å². The zero-order valence-electron chi connectivity index (χ0n) is 9.16. The first-order valence-electron chi connectivity index (χ1n) is 5.15. The number of rotatable bonds is 3. The van der Waals surface area contributed by atoms with Gasteiger partial charge in [-0.15, -0.1) is 0 Å². The molecule has 2 unspecified atom stereocenters. The Morgan fingerprint density at radius 2 is 2.29 bits per heavy atom. The van der Waals surface area contributed by atoms with E-state index in [1.807, 2.05) is 11.8 Å². The smallest absolute Gasteiger partial charge is 0.236 e. The summed E-state index contributed by atoms with van der Waals surface area (Å²) in [7, 11) is 4.15. The molecule has 1 amide bonds. The van der Waals surface area contributed by atoms with Gasteiger partial charge in [-0.3, -0.25) is 4.79 Å². The molecule has 1 rings (SSSR count). The Hall–Kier alpha value is -0.0900. The molecule has 2 atom stereocenters. The molecule has 0 spiro atoms. The molecular formula is C10H19BrN2O. The molecule has 1 saturated heterocycles. The fourth-order valence-electron chi connectivity index (χ4n) is 1.74. The van der Waals surface area contributed by atoms with Crippen LogP contribution in [0.3, 0.4) is 0 Å². The average Bonchev–Trinajstić information content (AvgIpc) is 2.64. The largest absolute Gasteiger partial charge is 0.340 e. The van der Waals surface area contributed by atoms with E-state index in [0.717, 1.165) is 25.9 Å². The van der Waals surface area contributed by atoms with E-state index in [-0.39, 0.29) is 10.7 Å². The first-order chi connectivity index (χ1) is 6.56. The topological polar surface area (TPSA) is 23.6 Å². The summed E-state index contributed by atoms with van der Waals surface area (Å²) < 4.78 is 0. The lowest BCUT2D eigenvalue weighted by molar-refractivity contribution is -0.129. The van der Waals surface area contributed by atoms with Crippen molar-refractivity contribution in [1.29, 1.82) is 0 Å². The van der Waals surface area contributed by atoms with Crippen molar-refractivity contribution >= 4 is 21.8 Å². The second kappa shape index (κ2) is 5.12. The summed E-state index contributed by atoms with van der Waals surface area (Å²) in [6, 6.07) is 0.538. The predicted octanol–water partition coefficient (Wildman–Crippen LogP) is 1.32. The maximum absolute atomic E-state index is 11.8. The van der Waals surface area contributed by atoms with Crippen LogP contribution in [0.4, 0.5) is 0 Å². The van der Waals surface area contributed by atoms with Crippen LogP contribution >= 0.6 is 15.9 Å². The second-order valence-corrected chi connectivity index (χ2v) is 5.17. The highest BCUT2D eigenvalue weighted by atomic mass is 79.9. The van der Waals surface area contributed by atoms with Crippen LogP contribution in [0.2, 0.25) is 0 Å². The lowest BCUT2D eigenvalue weighted by Gasteiger charge is -2.21. The zero-order chi connectivity index (χ0) is 10.7. The van der Waals surface area contributed by atoms with Gasteiger partial charge in [-0.05, 0) is 26.9 Å². The van der Waals surface area contributed by atoms with Crippen LogP contribution in [0.1, 0.15) is 19.8 Å². The third-order valence-corrected chi connectivity index (χ3v) is 3.87. The van der Waals surface area contributed by atoms with Crippen LogP contribution in [-0.2, 0) is 4.79 Å². The molecule has 0 aromatic rings. The lowest BCUT2D eigenvalue weighted by Crippen LogP contribution is -2.37. The molecule has 1 aliphatic heterocycles. The number of nitrogens with zero attached hydrogens (tertiary/aromatic N) is 2. The number of amides is 1. The summed E-state index contributed by atoms with van der Waals surface area (Å²) in [4.78, 5) is 16.0. The highest BCUT2D eigenvalue weighted by Gasteiger charge is 2.29. The first kappa shape index (κ1) is 12.0. The number of carbonyl (C=O) groups excluding carboxylic acids is 1. The van der Waals surface area contributed by atoms with Gasteiger partial charge >= 0.3 is 0 Å². The Morgan fingerprint density at radius 3 is 2.71 bits per heavy atom. The fraction of sp³-hybridized carbons (Fsp3) is 0.900. The van der Waals surface area contributed by atoms with E-state index in [1.54, 1.807) is 0 Å². The summed E-state index contributed by atoms with van der Waals surface area (Å²) in [6.07, 6.45) is 1.96. The third kappa shape index (κ3) is 2.70. The van der Waals surface area contributed by atoms with E-state index in [1.165, 1.54) is 0 Å². The minimum Gasteiger partial charge on any atom is -0.340 e. The molecular weight excluding hydrogens is 244 g/mol. The normalized spacial score (nSPS) is 24.4.